The number of nitro groups is 1. The summed E-state index contributed by atoms with van der Waals surface area (Å²) in [5.41, 5.74) is 4.26. The standard InChI is InChI=1S/C19H15NO4/c1-12-3-6-15(9-13(12)2)18-11-16(19(21)24-18)10-14-4-7-17(8-5-14)20(22)23/h3-11H,1-2H3/b16-10+. The van der Waals surface area contributed by atoms with Crippen LogP contribution in [0.3, 0.4) is 0 Å². The minimum atomic E-state index is -0.460. The Labute approximate surface area is 139 Å². The Morgan fingerprint density at radius 2 is 1.75 bits per heavy atom. The first-order valence-corrected chi connectivity index (χ1v) is 7.42. The van der Waals surface area contributed by atoms with E-state index in [0.717, 1.165) is 11.1 Å². The molecule has 0 amide bonds. The first kappa shape index (κ1) is 15.7. The van der Waals surface area contributed by atoms with E-state index in [1.54, 1.807) is 24.3 Å². The minimum Gasteiger partial charge on any atom is -0.422 e. The molecule has 5 nitrogen and oxygen atoms in total. The van der Waals surface area contributed by atoms with Crippen molar-refractivity contribution in [2.45, 2.75) is 13.8 Å². The molecule has 3 rings (SSSR count). The first-order chi connectivity index (χ1) is 11.4. The molecule has 120 valence electrons. The predicted molar refractivity (Wildman–Crippen MR) is 91.1 cm³/mol. The minimum absolute atomic E-state index is 0.0116. The van der Waals surface area contributed by atoms with Gasteiger partial charge in [0.15, 0.2) is 0 Å². The van der Waals surface area contributed by atoms with E-state index in [9.17, 15) is 14.9 Å². The van der Waals surface area contributed by atoms with Gasteiger partial charge in [-0.3, -0.25) is 10.1 Å². The molecule has 0 N–H and O–H groups in total. The number of carbonyl (C=O) groups is 1. The summed E-state index contributed by atoms with van der Waals surface area (Å²) in [5, 5.41) is 10.7. The number of rotatable bonds is 3. The summed E-state index contributed by atoms with van der Waals surface area (Å²) in [6.07, 6.45) is 3.34. The Bertz CT molecular complexity index is 892. The number of benzene rings is 2. The number of aryl methyl sites for hydroxylation is 2. The molecule has 1 aliphatic heterocycles. The maximum Gasteiger partial charge on any atom is 0.343 e. The van der Waals surface area contributed by atoms with Crippen LogP contribution in [0.4, 0.5) is 5.69 Å². The SMILES string of the molecule is Cc1ccc(C2=C/C(=C\c3ccc([N+](=O)[O-])cc3)C(=O)O2)cc1C. The predicted octanol–water partition coefficient (Wildman–Crippen LogP) is 4.19. The van der Waals surface area contributed by atoms with E-state index < -0.39 is 10.9 Å². The largest absolute Gasteiger partial charge is 0.422 e. The Hall–Kier alpha value is -3.21. The van der Waals surface area contributed by atoms with Crippen LogP contribution in [0.1, 0.15) is 22.3 Å². The van der Waals surface area contributed by atoms with E-state index in [2.05, 4.69) is 0 Å². The van der Waals surface area contributed by atoms with E-state index >= 15 is 0 Å². The fourth-order valence-electron chi connectivity index (χ4n) is 2.40. The zero-order valence-corrected chi connectivity index (χ0v) is 13.3. The highest BCUT2D eigenvalue weighted by molar-refractivity contribution is 6.05. The molecule has 0 aromatic heterocycles. The highest BCUT2D eigenvalue weighted by Crippen LogP contribution is 2.28. The van der Waals surface area contributed by atoms with Gasteiger partial charge in [-0.15, -0.1) is 0 Å². The van der Waals surface area contributed by atoms with Crippen LogP contribution in [0.5, 0.6) is 0 Å². The highest BCUT2D eigenvalue weighted by atomic mass is 16.6. The van der Waals surface area contributed by atoms with Gasteiger partial charge in [-0.25, -0.2) is 4.79 Å². The maximum absolute atomic E-state index is 12.0. The van der Waals surface area contributed by atoms with Crippen molar-refractivity contribution in [1.82, 2.24) is 0 Å². The number of nitro benzene ring substituents is 1. The van der Waals surface area contributed by atoms with Gasteiger partial charge in [0.1, 0.15) is 5.76 Å². The average molecular weight is 321 g/mol. The molecule has 0 saturated carbocycles. The molecule has 2 aromatic rings. The summed E-state index contributed by atoms with van der Waals surface area (Å²) in [5.74, 6) is 0.0813. The second kappa shape index (κ2) is 6.12. The van der Waals surface area contributed by atoms with Crippen molar-refractivity contribution in [1.29, 1.82) is 0 Å². The summed E-state index contributed by atoms with van der Waals surface area (Å²) < 4.78 is 5.33. The summed E-state index contributed by atoms with van der Waals surface area (Å²) in [7, 11) is 0. The molecule has 2 aromatic carbocycles. The molecule has 0 bridgehead atoms. The first-order valence-electron chi connectivity index (χ1n) is 7.42. The lowest BCUT2D eigenvalue weighted by Gasteiger charge is -2.05. The lowest BCUT2D eigenvalue weighted by atomic mass is 10.0. The van der Waals surface area contributed by atoms with Crippen molar-refractivity contribution in [2.75, 3.05) is 0 Å². The van der Waals surface area contributed by atoms with Gasteiger partial charge >= 0.3 is 5.97 Å². The van der Waals surface area contributed by atoms with Gasteiger partial charge in [-0.1, -0.05) is 12.1 Å². The number of cyclic esters (lactones) is 1. The van der Waals surface area contributed by atoms with E-state index in [1.807, 2.05) is 32.0 Å². The Balaban J connectivity index is 1.90. The monoisotopic (exact) mass is 321 g/mol. The smallest absolute Gasteiger partial charge is 0.343 e. The molecular weight excluding hydrogens is 306 g/mol. The molecule has 24 heavy (non-hydrogen) atoms. The summed E-state index contributed by atoms with van der Waals surface area (Å²) in [6, 6.07) is 11.9. The van der Waals surface area contributed by atoms with Gasteiger partial charge in [0.05, 0.1) is 10.5 Å². The number of carbonyl (C=O) groups excluding carboxylic acids is 1. The second-order valence-electron chi connectivity index (χ2n) is 5.65. The number of esters is 1. The van der Waals surface area contributed by atoms with Crippen molar-refractivity contribution in [2.24, 2.45) is 0 Å². The van der Waals surface area contributed by atoms with Gasteiger partial charge in [-0.05, 0) is 60.9 Å². The molecule has 1 aliphatic rings. The molecule has 1 heterocycles. The topological polar surface area (TPSA) is 69.4 Å². The fourth-order valence-corrected chi connectivity index (χ4v) is 2.40. The summed E-state index contributed by atoms with van der Waals surface area (Å²) >= 11 is 0. The second-order valence-corrected chi connectivity index (χ2v) is 5.65. The average Bonchev–Trinajstić information content (AvgIpc) is 2.91. The van der Waals surface area contributed by atoms with Crippen molar-refractivity contribution in [3.05, 3.63) is 86.5 Å². The highest BCUT2D eigenvalue weighted by Gasteiger charge is 2.22. The third-order valence-corrected chi connectivity index (χ3v) is 3.94. The summed E-state index contributed by atoms with van der Waals surface area (Å²) in [6.45, 7) is 4.03. The number of non-ortho nitro benzene ring substituents is 1. The van der Waals surface area contributed by atoms with Gasteiger partial charge < -0.3 is 4.74 Å². The Kier molecular flexibility index (Phi) is 4.00. The quantitative estimate of drug-likeness (QED) is 0.368. The normalized spacial score (nSPS) is 15.3. The van der Waals surface area contributed by atoms with Crippen LogP contribution in [-0.4, -0.2) is 10.9 Å². The molecular formula is C19H15NO4. The molecule has 0 atom stereocenters. The Morgan fingerprint density at radius 3 is 2.38 bits per heavy atom. The van der Waals surface area contributed by atoms with E-state index in [0.29, 0.717) is 16.9 Å². The fraction of sp³-hybridized carbons (Fsp3) is 0.105. The van der Waals surface area contributed by atoms with Crippen molar-refractivity contribution in [3.63, 3.8) is 0 Å². The van der Waals surface area contributed by atoms with Gasteiger partial charge in [-0.2, -0.15) is 0 Å². The van der Waals surface area contributed by atoms with Crippen LogP contribution in [0.2, 0.25) is 0 Å². The molecule has 0 aliphatic carbocycles. The van der Waals surface area contributed by atoms with Gasteiger partial charge in [0.25, 0.3) is 5.69 Å². The number of nitrogens with zero attached hydrogens (tertiary/aromatic N) is 1. The zero-order chi connectivity index (χ0) is 17.3. The third kappa shape index (κ3) is 3.10. The third-order valence-electron chi connectivity index (χ3n) is 3.94. The maximum atomic E-state index is 12.0. The van der Waals surface area contributed by atoms with E-state index in [1.165, 1.54) is 17.7 Å². The van der Waals surface area contributed by atoms with E-state index in [4.69, 9.17) is 4.74 Å². The summed E-state index contributed by atoms with van der Waals surface area (Å²) in [4.78, 5) is 22.2. The van der Waals surface area contributed by atoms with Crippen molar-refractivity contribution in [3.8, 4) is 0 Å². The van der Waals surface area contributed by atoms with Crippen LogP contribution >= 0.6 is 0 Å². The van der Waals surface area contributed by atoms with Gasteiger partial charge in [0.2, 0.25) is 0 Å². The Morgan fingerprint density at radius 1 is 1.04 bits per heavy atom. The zero-order valence-electron chi connectivity index (χ0n) is 13.3. The molecule has 0 fully saturated rings. The number of hydrogen-bond donors (Lipinski definition) is 0. The van der Waals surface area contributed by atoms with Crippen LogP contribution in [0.15, 0.2) is 54.1 Å². The van der Waals surface area contributed by atoms with Crippen LogP contribution < -0.4 is 0 Å². The molecule has 0 unspecified atom stereocenters. The van der Waals surface area contributed by atoms with Crippen molar-refractivity contribution < 1.29 is 14.5 Å². The lowest BCUT2D eigenvalue weighted by Crippen LogP contribution is -1.97. The number of ether oxygens (including phenoxy) is 1. The van der Waals surface area contributed by atoms with Crippen LogP contribution in [0.25, 0.3) is 11.8 Å². The molecule has 0 radical (unpaired) electrons. The van der Waals surface area contributed by atoms with E-state index in [-0.39, 0.29) is 5.69 Å². The molecule has 0 spiro atoms. The van der Waals surface area contributed by atoms with Crippen molar-refractivity contribution >= 4 is 23.5 Å². The lowest BCUT2D eigenvalue weighted by molar-refractivity contribution is -0.384. The van der Waals surface area contributed by atoms with Crippen LogP contribution in [0, 0.1) is 24.0 Å². The van der Waals surface area contributed by atoms with Gasteiger partial charge in [0, 0.05) is 17.7 Å². The number of hydrogen-bond acceptors (Lipinski definition) is 4. The molecule has 5 heteroatoms. The van der Waals surface area contributed by atoms with Crippen LogP contribution in [-0.2, 0) is 9.53 Å². The molecule has 0 saturated heterocycles.